The lowest BCUT2D eigenvalue weighted by atomic mass is 10.1. The summed E-state index contributed by atoms with van der Waals surface area (Å²) in [6.07, 6.45) is 4.25. The van der Waals surface area contributed by atoms with Crippen molar-refractivity contribution in [3.05, 3.63) is 51.3 Å². The maximum Gasteiger partial charge on any atom is 0.257 e. The predicted octanol–water partition coefficient (Wildman–Crippen LogP) is 0.963. The quantitative estimate of drug-likeness (QED) is 0.215. The number of carbonyl (C=O) groups excluding carboxylic acids is 3. The van der Waals surface area contributed by atoms with Crippen molar-refractivity contribution in [1.29, 1.82) is 0 Å². The summed E-state index contributed by atoms with van der Waals surface area (Å²) in [4.78, 5) is 51.7. The van der Waals surface area contributed by atoms with Gasteiger partial charge in [0.05, 0.1) is 5.56 Å². The van der Waals surface area contributed by atoms with Crippen molar-refractivity contribution in [2.24, 2.45) is 0 Å². The molecular weight excluding hydrogens is 362 g/mol. The van der Waals surface area contributed by atoms with Crippen LogP contribution >= 0.6 is 0 Å². The van der Waals surface area contributed by atoms with Gasteiger partial charge < -0.3 is 16.8 Å². The van der Waals surface area contributed by atoms with Crippen LogP contribution in [0.1, 0.15) is 34.8 Å². The van der Waals surface area contributed by atoms with Gasteiger partial charge in [0, 0.05) is 24.7 Å². The maximum absolute atomic E-state index is 11.8. The summed E-state index contributed by atoms with van der Waals surface area (Å²) in [5.41, 5.74) is 12.8. The molecule has 0 bridgehead atoms. The van der Waals surface area contributed by atoms with Crippen molar-refractivity contribution >= 4 is 41.4 Å². The minimum Gasteiger partial charge on any atom is -0.385 e. The third kappa shape index (κ3) is 5.37. The molecule has 0 aliphatic rings. The zero-order chi connectivity index (χ0) is 20.7. The Morgan fingerprint density at radius 1 is 1.25 bits per heavy atom. The molecule has 0 fully saturated rings. The molecule has 2 aromatic rings. The fourth-order valence-corrected chi connectivity index (χ4v) is 2.49. The molecule has 0 aliphatic heterocycles. The summed E-state index contributed by atoms with van der Waals surface area (Å²) in [5.74, 6) is -1.12. The molecule has 0 saturated heterocycles. The SMILES string of the molecule is CC(=O)C(=O)/C=C/c1ccc(NCCCc2c(N)nc(N)[nH]c2=O)cc1C=O. The van der Waals surface area contributed by atoms with Gasteiger partial charge in [-0.05, 0) is 36.6 Å². The zero-order valence-electron chi connectivity index (χ0n) is 15.3. The largest absolute Gasteiger partial charge is 0.385 e. The molecular formula is C19H21N5O4. The highest BCUT2D eigenvalue weighted by Crippen LogP contribution is 2.16. The number of Topliss-reactive ketones (excluding diaryl/α,β-unsaturated/α-hetero) is 1. The molecule has 1 aromatic carbocycles. The highest BCUT2D eigenvalue weighted by molar-refractivity contribution is 6.41. The molecule has 1 aromatic heterocycles. The molecule has 0 spiro atoms. The number of H-pyrrole nitrogens is 1. The fourth-order valence-electron chi connectivity index (χ4n) is 2.49. The van der Waals surface area contributed by atoms with Gasteiger partial charge >= 0.3 is 0 Å². The summed E-state index contributed by atoms with van der Waals surface area (Å²) >= 11 is 0. The molecule has 9 heteroatoms. The van der Waals surface area contributed by atoms with E-state index in [1.165, 1.54) is 13.0 Å². The number of allylic oxidation sites excluding steroid dienone is 1. The van der Waals surface area contributed by atoms with Gasteiger partial charge in [0.15, 0.2) is 12.1 Å². The number of hydrogen-bond donors (Lipinski definition) is 4. The second-order valence-corrected chi connectivity index (χ2v) is 6.06. The van der Waals surface area contributed by atoms with Crippen molar-refractivity contribution in [2.45, 2.75) is 19.8 Å². The average Bonchev–Trinajstić information content (AvgIpc) is 2.64. The van der Waals surface area contributed by atoms with Crippen LogP contribution in [-0.4, -0.2) is 34.4 Å². The van der Waals surface area contributed by atoms with Gasteiger partial charge in [-0.3, -0.25) is 24.2 Å². The van der Waals surface area contributed by atoms with E-state index in [1.54, 1.807) is 18.2 Å². The smallest absolute Gasteiger partial charge is 0.257 e. The molecule has 28 heavy (non-hydrogen) atoms. The molecule has 2 rings (SSSR count). The van der Waals surface area contributed by atoms with Crippen LogP contribution in [0, 0.1) is 0 Å². The van der Waals surface area contributed by atoms with Crippen LogP contribution in [0.2, 0.25) is 0 Å². The van der Waals surface area contributed by atoms with Crippen molar-refractivity contribution in [3.63, 3.8) is 0 Å². The van der Waals surface area contributed by atoms with Crippen LogP contribution in [0.5, 0.6) is 0 Å². The van der Waals surface area contributed by atoms with E-state index in [-0.39, 0.29) is 17.3 Å². The highest BCUT2D eigenvalue weighted by Gasteiger charge is 2.08. The minimum atomic E-state index is -0.634. The molecule has 146 valence electrons. The van der Waals surface area contributed by atoms with E-state index >= 15 is 0 Å². The molecule has 0 radical (unpaired) electrons. The maximum atomic E-state index is 11.8. The standard InChI is InChI=1S/C19H21N5O4/c1-11(26)16(27)7-5-12-4-6-14(9-13(12)10-25)22-8-2-3-15-17(20)23-19(21)24-18(15)28/h4-7,9-10,22H,2-3,8H2,1H3,(H5,20,21,23,24,28)/b7-5+. The third-order valence-corrected chi connectivity index (χ3v) is 3.97. The summed E-state index contributed by atoms with van der Waals surface area (Å²) < 4.78 is 0. The van der Waals surface area contributed by atoms with Crippen LogP contribution in [0.15, 0.2) is 29.1 Å². The lowest BCUT2D eigenvalue weighted by Crippen LogP contribution is -2.20. The van der Waals surface area contributed by atoms with Crippen LogP contribution in [-0.2, 0) is 16.0 Å². The lowest BCUT2D eigenvalue weighted by molar-refractivity contribution is -0.132. The molecule has 0 atom stereocenters. The normalized spacial score (nSPS) is 10.8. The number of nitrogens with zero attached hydrogens (tertiary/aromatic N) is 1. The second kappa shape index (κ2) is 9.26. The first-order chi connectivity index (χ1) is 13.3. The number of ketones is 2. The predicted molar refractivity (Wildman–Crippen MR) is 107 cm³/mol. The third-order valence-electron chi connectivity index (χ3n) is 3.97. The number of aromatic amines is 1. The first-order valence-corrected chi connectivity index (χ1v) is 8.52. The summed E-state index contributed by atoms with van der Waals surface area (Å²) in [6, 6.07) is 5.05. The molecule has 0 amide bonds. The van der Waals surface area contributed by atoms with Crippen LogP contribution in [0.3, 0.4) is 0 Å². The molecule has 1 heterocycles. The van der Waals surface area contributed by atoms with E-state index in [0.29, 0.717) is 48.1 Å². The number of carbonyl (C=O) groups is 3. The van der Waals surface area contributed by atoms with Gasteiger partial charge in [-0.25, -0.2) is 0 Å². The van der Waals surface area contributed by atoms with Gasteiger partial charge in [0.1, 0.15) is 5.82 Å². The Morgan fingerprint density at radius 3 is 2.64 bits per heavy atom. The van der Waals surface area contributed by atoms with Crippen molar-refractivity contribution in [2.75, 3.05) is 23.3 Å². The minimum absolute atomic E-state index is 0.0232. The van der Waals surface area contributed by atoms with Crippen molar-refractivity contribution < 1.29 is 14.4 Å². The highest BCUT2D eigenvalue weighted by atomic mass is 16.2. The van der Waals surface area contributed by atoms with E-state index in [0.717, 1.165) is 6.08 Å². The van der Waals surface area contributed by atoms with Gasteiger partial charge in [0.2, 0.25) is 11.7 Å². The molecule has 0 aliphatic carbocycles. The van der Waals surface area contributed by atoms with E-state index in [1.807, 2.05) is 0 Å². The summed E-state index contributed by atoms with van der Waals surface area (Å²) in [5, 5.41) is 3.15. The van der Waals surface area contributed by atoms with Gasteiger partial charge in [-0.1, -0.05) is 12.1 Å². The summed E-state index contributed by atoms with van der Waals surface area (Å²) in [7, 11) is 0. The molecule has 0 unspecified atom stereocenters. The Labute approximate surface area is 160 Å². The molecule has 9 nitrogen and oxygen atoms in total. The van der Waals surface area contributed by atoms with Gasteiger partial charge in [-0.2, -0.15) is 4.98 Å². The number of rotatable bonds is 9. The Bertz CT molecular complexity index is 994. The van der Waals surface area contributed by atoms with E-state index < -0.39 is 11.6 Å². The van der Waals surface area contributed by atoms with E-state index in [9.17, 15) is 19.2 Å². The number of benzene rings is 1. The monoisotopic (exact) mass is 383 g/mol. The first kappa shape index (κ1) is 20.6. The fraction of sp³-hybridized carbons (Fsp3) is 0.211. The Kier molecular flexibility index (Phi) is 6.80. The number of nitrogen functional groups attached to an aromatic ring is 2. The van der Waals surface area contributed by atoms with Crippen molar-refractivity contribution in [1.82, 2.24) is 9.97 Å². The Morgan fingerprint density at radius 2 is 2.00 bits per heavy atom. The molecule has 6 N–H and O–H groups in total. The molecule has 0 saturated carbocycles. The van der Waals surface area contributed by atoms with Crippen LogP contribution < -0.4 is 22.3 Å². The van der Waals surface area contributed by atoms with Gasteiger partial charge in [-0.15, -0.1) is 0 Å². The number of aldehydes is 1. The second-order valence-electron chi connectivity index (χ2n) is 6.06. The number of anilines is 3. The average molecular weight is 383 g/mol. The number of nitrogens with two attached hydrogens (primary N) is 2. The number of aromatic nitrogens is 2. The van der Waals surface area contributed by atoms with Crippen molar-refractivity contribution in [3.8, 4) is 0 Å². The van der Waals surface area contributed by atoms with Gasteiger partial charge in [0.25, 0.3) is 5.56 Å². The number of hydrogen-bond acceptors (Lipinski definition) is 8. The van der Waals surface area contributed by atoms with E-state index in [4.69, 9.17) is 11.5 Å². The van der Waals surface area contributed by atoms with E-state index in [2.05, 4.69) is 15.3 Å². The van der Waals surface area contributed by atoms with Crippen LogP contribution in [0.25, 0.3) is 6.08 Å². The summed E-state index contributed by atoms with van der Waals surface area (Å²) in [6.45, 7) is 1.71. The topological polar surface area (TPSA) is 161 Å². The number of nitrogens with one attached hydrogen (secondary N) is 2. The van der Waals surface area contributed by atoms with Crippen LogP contribution in [0.4, 0.5) is 17.5 Å². The Balaban J connectivity index is 1.98. The lowest BCUT2D eigenvalue weighted by Gasteiger charge is -2.09. The first-order valence-electron chi connectivity index (χ1n) is 8.52. The Hall–Kier alpha value is -3.75. The zero-order valence-corrected chi connectivity index (χ0v) is 15.3.